The molecular weight excluding hydrogens is 358 g/mol. The molecule has 1 aromatic heterocycles. The lowest BCUT2D eigenvalue weighted by atomic mass is 10.2. The second kappa shape index (κ2) is 7.96. The van der Waals surface area contributed by atoms with Gasteiger partial charge in [-0.05, 0) is 55.6 Å². The van der Waals surface area contributed by atoms with Crippen LogP contribution in [0.15, 0.2) is 54.6 Å². The van der Waals surface area contributed by atoms with E-state index in [1.807, 2.05) is 41.8 Å². The maximum Gasteiger partial charge on any atom is 0.326 e. The number of nitrogens with one attached hydrogen (secondary N) is 1. The zero-order valence-electron chi connectivity index (χ0n) is 15.6. The Kier molecular flexibility index (Phi) is 5.44. The number of primary amides is 1. The number of ether oxygens (including phenoxy) is 1. The first-order chi connectivity index (χ1) is 13.3. The van der Waals surface area contributed by atoms with Crippen LogP contribution in [-0.2, 0) is 20.9 Å². The molecule has 1 atom stereocenters. The predicted octanol–water partition coefficient (Wildman–Crippen LogP) is 2.62. The van der Waals surface area contributed by atoms with E-state index in [-0.39, 0.29) is 6.54 Å². The number of para-hydroxylation sites is 1. The summed E-state index contributed by atoms with van der Waals surface area (Å²) in [4.78, 5) is 35.7. The zero-order chi connectivity index (χ0) is 20.3. The molecule has 0 bridgehead atoms. The lowest BCUT2D eigenvalue weighted by Crippen LogP contribution is -2.31. The molecule has 1 heterocycles. The average molecular weight is 379 g/mol. The minimum atomic E-state index is -0.967. The van der Waals surface area contributed by atoms with Crippen molar-refractivity contribution >= 4 is 34.4 Å². The molecule has 0 spiro atoms. The molecule has 0 aliphatic rings. The van der Waals surface area contributed by atoms with E-state index in [1.54, 1.807) is 12.1 Å². The van der Waals surface area contributed by atoms with Crippen LogP contribution in [0, 0.1) is 6.92 Å². The van der Waals surface area contributed by atoms with E-state index in [0.29, 0.717) is 11.3 Å². The van der Waals surface area contributed by atoms with E-state index in [2.05, 4.69) is 5.32 Å². The zero-order valence-corrected chi connectivity index (χ0v) is 15.6. The summed E-state index contributed by atoms with van der Waals surface area (Å²) < 4.78 is 7.13. The van der Waals surface area contributed by atoms with Crippen molar-refractivity contribution in [3.63, 3.8) is 0 Å². The third-order valence-corrected chi connectivity index (χ3v) is 4.42. The van der Waals surface area contributed by atoms with Crippen molar-refractivity contribution in [1.29, 1.82) is 0 Å². The average Bonchev–Trinajstić information content (AvgIpc) is 2.97. The van der Waals surface area contributed by atoms with Crippen LogP contribution in [0.2, 0.25) is 0 Å². The Bertz CT molecular complexity index is 1040. The molecule has 0 radical (unpaired) electrons. The van der Waals surface area contributed by atoms with Gasteiger partial charge in [-0.25, -0.2) is 0 Å². The number of benzene rings is 2. The van der Waals surface area contributed by atoms with E-state index < -0.39 is 23.9 Å². The number of hydrogen-bond acceptors (Lipinski definition) is 4. The third kappa shape index (κ3) is 4.20. The molecule has 7 heteroatoms. The summed E-state index contributed by atoms with van der Waals surface area (Å²) >= 11 is 0. The number of carbonyl (C=O) groups excluding carboxylic acids is 3. The van der Waals surface area contributed by atoms with Gasteiger partial charge in [-0.2, -0.15) is 0 Å². The Hall–Kier alpha value is -3.61. The molecule has 2 amide bonds. The maximum absolute atomic E-state index is 12.3. The Morgan fingerprint density at radius 3 is 2.46 bits per heavy atom. The first kappa shape index (κ1) is 19.2. The van der Waals surface area contributed by atoms with E-state index in [9.17, 15) is 14.4 Å². The van der Waals surface area contributed by atoms with Crippen LogP contribution >= 0.6 is 0 Å². The van der Waals surface area contributed by atoms with Crippen LogP contribution in [0.4, 0.5) is 5.69 Å². The summed E-state index contributed by atoms with van der Waals surface area (Å²) in [6.07, 6.45) is -0.967. The minimum absolute atomic E-state index is 0.0181. The number of esters is 1. The van der Waals surface area contributed by atoms with Gasteiger partial charge in [0.1, 0.15) is 6.54 Å². The van der Waals surface area contributed by atoms with E-state index in [4.69, 9.17) is 10.5 Å². The minimum Gasteiger partial charge on any atom is -0.451 e. The van der Waals surface area contributed by atoms with E-state index in [0.717, 1.165) is 16.6 Å². The highest BCUT2D eigenvalue weighted by atomic mass is 16.5. The Balaban J connectivity index is 1.61. The standard InChI is InChI=1S/C21H21N3O4/c1-13-11-16-5-3-4-6-18(16)24(13)12-19(25)28-14(2)21(27)23-17-9-7-15(8-10-17)20(22)26/h3-11,14H,12H2,1-2H3,(H2,22,26)(H,23,27). The van der Waals surface area contributed by atoms with Crippen LogP contribution < -0.4 is 11.1 Å². The SMILES string of the molecule is Cc1cc2ccccc2n1CC(=O)OC(C)C(=O)Nc1ccc(C(N)=O)cc1. The number of amides is 2. The van der Waals surface area contributed by atoms with E-state index >= 15 is 0 Å². The fourth-order valence-electron chi connectivity index (χ4n) is 2.94. The highest BCUT2D eigenvalue weighted by Gasteiger charge is 2.19. The fraction of sp³-hybridized carbons (Fsp3) is 0.190. The van der Waals surface area contributed by atoms with E-state index in [1.165, 1.54) is 19.1 Å². The number of anilines is 1. The molecule has 2 aromatic carbocycles. The smallest absolute Gasteiger partial charge is 0.326 e. The van der Waals surface area contributed by atoms with Gasteiger partial charge < -0.3 is 20.4 Å². The molecule has 0 saturated carbocycles. The van der Waals surface area contributed by atoms with Crippen LogP contribution in [0.5, 0.6) is 0 Å². The van der Waals surface area contributed by atoms with Crippen molar-refractivity contribution < 1.29 is 19.1 Å². The summed E-state index contributed by atoms with van der Waals surface area (Å²) in [5.41, 5.74) is 7.87. The molecule has 144 valence electrons. The molecule has 3 aromatic rings. The van der Waals surface area contributed by atoms with Crippen molar-refractivity contribution in [2.75, 3.05) is 5.32 Å². The lowest BCUT2D eigenvalue weighted by molar-refractivity contribution is -0.153. The first-order valence-corrected chi connectivity index (χ1v) is 8.80. The fourth-order valence-corrected chi connectivity index (χ4v) is 2.94. The largest absolute Gasteiger partial charge is 0.451 e. The molecule has 0 saturated heterocycles. The van der Waals surface area contributed by atoms with Crippen molar-refractivity contribution in [2.45, 2.75) is 26.5 Å². The number of hydrogen-bond donors (Lipinski definition) is 2. The molecule has 0 aliphatic carbocycles. The van der Waals surface area contributed by atoms with Gasteiger partial charge in [0.15, 0.2) is 6.10 Å². The lowest BCUT2D eigenvalue weighted by Gasteiger charge is -2.15. The Labute approximate surface area is 162 Å². The summed E-state index contributed by atoms with van der Waals surface area (Å²) in [7, 11) is 0. The summed E-state index contributed by atoms with van der Waals surface area (Å²) in [5.74, 6) is -1.52. The van der Waals surface area contributed by atoms with Crippen molar-refractivity contribution in [1.82, 2.24) is 4.57 Å². The Morgan fingerprint density at radius 2 is 1.79 bits per heavy atom. The Morgan fingerprint density at radius 1 is 1.11 bits per heavy atom. The quantitative estimate of drug-likeness (QED) is 0.643. The van der Waals surface area contributed by atoms with Crippen molar-refractivity contribution in [2.24, 2.45) is 5.73 Å². The van der Waals surface area contributed by atoms with Crippen molar-refractivity contribution in [3.8, 4) is 0 Å². The number of nitrogens with zero attached hydrogens (tertiary/aromatic N) is 1. The van der Waals surface area contributed by atoms with Gasteiger partial charge in [0.25, 0.3) is 5.91 Å². The van der Waals surface area contributed by atoms with Crippen LogP contribution in [0.25, 0.3) is 10.9 Å². The maximum atomic E-state index is 12.3. The predicted molar refractivity (Wildman–Crippen MR) is 106 cm³/mol. The molecule has 28 heavy (non-hydrogen) atoms. The highest BCUT2D eigenvalue weighted by molar-refractivity contribution is 5.96. The van der Waals surface area contributed by atoms with Gasteiger partial charge in [-0.15, -0.1) is 0 Å². The summed E-state index contributed by atoms with van der Waals surface area (Å²) in [6.45, 7) is 3.44. The van der Waals surface area contributed by atoms with Crippen LogP contribution in [0.1, 0.15) is 23.0 Å². The topological polar surface area (TPSA) is 103 Å². The van der Waals surface area contributed by atoms with Gasteiger partial charge >= 0.3 is 5.97 Å². The number of fused-ring (bicyclic) bond motifs is 1. The molecule has 0 aliphatic heterocycles. The second-order valence-electron chi connectivity index (χ2n) is 6.49. The third-order valence-electron chi connectivity index (χ3n) is 4.42. The normalized spacial score (nSPS) is 11.8. The number of aromatic nitrogens is 1. The van der Waals surface area contributed by atoms with Gasteiger partial charge in [0.05, 0.1) is 0 Å². The molecule has 3 N–H and O–H groups in total. The molecule has 1 unspecified atom stereocenters. The second-order valence-corrected chi connectivity index (χ2v) is 6.49. The van der Waals surface area contributed by atoms with Crippen LogP contribution in [-0.4, -0.2) is 28.5 Å². The molecule has 0 fully saturated rings. The van der Waals surface area contributed by atoms with Gasteiger partial charge in [-0.3, -0.25) is 14.4 Å². The first-order valence-electron chi connectivity index (χ1n) is 8.80. The summed E-state index contributed by atoms with van der Waals surface area (Å²) in [5, 5.41) is 3.68. The number of nitrogens with two attached hydrogens (primary N) is 1. The van der Waals surface area contributed by atoms with Crippen LogP contribution in [0.3, 0.4) is 0 Å². The highest BCUT2D eigenvalue weighted by Crippen LogP contribution is 2.19. The molecular formula is C21H21N3O4. The van der Waals surface area contributed by atoms with Gasteiger partial charge in [0, 0.05) is 22.5 Å². The number of rotatable bonds is 6. The summed E-state index contributed by atoms with van der Waals surface area (Å²) in [6, 6.07) is 15.9. The monoisotopic (exact) mass is 379 g/mol. The molecule has 3 rings (SSSR count). The van der Waals surface area contributed by atoms with Gasteiger partial charge in [-0.1, -0.05) is 18.2 Å². The number of aryl methyl sites for hydroxylation is 1. The van der Waals surface area contributed by atoms with Gasteiger partial charge in [0.2, 0.25) is 5.91 Å². The number of carbonyl (C=O) groups is 3. The molecule has 7 nitrogen and oxygen atoms in total. The van der Waals surface area contributed by atoms with Crippen molar-refractivity contribution in [3.05, 3.63) is 65.9 Å².